The van der Waals surface area contributed by atoms with Crippen LogP contribution in [0, 0.1) is 11.3 Å². The predicted molar refractivity (Wildman–Crippen MR) is 65.5 cm³/mol. The summed E-state index contributed by atoms with van der Waals surface area (Å²) in [6, 6.07) is 0. The molecular formula is C13H25NO2. The molecule has 0 spiro atoms. The van der Waals surface area contributed by atoms with Gasteiger partial charge in [0.05, 0.1) is 5.92 Å². The topological polar surface area (TPSA) is 40.5 Å². The molecule has 3 nitrogen and oxygen atoms in total. The van der Waals surface area contributed by atoms with E-state index in [0.29, 0.717) is 6.54 Å². The highest BCUT2D eigenvalue weighted by Gasteiger charge is 2.32. The molecule has 1 saturated heterocycles. The molecule has 94 valence electrons. The minimum Gasteiger partial charge on any atom is -0.481 e. The van der Waals surface area contributed by atoms with E-state index in [2.05, 4.69) is 4.90 Å². The van der Waals surface area contributed by atoms with Gasteiger partial charge in [-0.05, 0) is 31.3 Å². The maximum Gasteiger partial charge on any atom is 0.308 e. The van der Waals surface area contributed by atoms with Crippen LogP contribution in [0.5, 0.6) is 0 Å². The number of hydrogen-bond donors (Lipinski definition) is 1. The summed E-state index contributed by atoms with van der Waals surface area (Å²) in [5, 5.41) is 9.28. The van der Waals surface area contributed by atoms with E-state index in [0.717, 1.165) is 13.1 Å². The van der Waals surface area contributed by atoms with Crippen molar-refractivity contribution in [2.24, 2.45) is 11.3 Å². The summed E-state index contributed by atoms with van der Waals surface area (Å²) in [7, 11) is 0. The molecule has 0 aromatic carbocycles. The Hall–Kier alpha value is -0.570. The first-order valence-corrected chi connectivity index (χ1v) is 6.36. The van der Waals surface area contributed by atoms with E-state index < -0.39 is 5.97 Å². The van der Waals surface area contributed by atoms with E-state index in [9.17, 15) is 9.90 Å². The minimum absolute atomic E-state index is 0.155. The standard InChI is InChI=1S/C13H25NO2/c1-13(2,3)11(12(15)16)10-14-8-6-4-5-7-9-14/h11H,4-10H2,1-3H3,(H,15,16). The van der Waals surface area contributed by atoms with Crippen LogP contribution in [-0.4, -0.2) is 35.6 Å². The normalized spacial score (nSPS) is 21.4. The van der Waals surface area contributed by atoms with Gasteiger partial charge in [0, 0.05) is 6.54 Å². The van der Waals surface area contributed by atoms with Crippen molar-refractivity contribution in [1.29, 1.82) is 0 Å². The average Bonchev–Trinajstić information content (AvgIpc) is 2.39. The van der Waals surface area contributed by atoms with Gasteiger partial charge in [-0.15, -0.1) is 0 Å². The summed E-state index contributed by atoms with van der Waals surface area (Å²) in [5.41, 5.74) is -0.155. The first-order chi connectivity index (χ1) is 7.41. The maximum atomic E-state index is 11.3. The molecule has 0 amide bonds. The molecule has 1 rings (SSSR count). The first kappa shape index (κ1) is 13.5. The smallest absolute Gasteiger partial charge is 0.308 e. The minimum atomic E-state index is -0.656. The van der Waals surface area contributed by atoms with E-state index in [1.807, 2.05) is 20.8 Å². The lowest BCUT2D eigenvalue weighted by Crippen LogP contribution is -2.40. The van der Waals surface area contributed by atoms with Crippen LogP contribution < -0.4 is 0 Å². The molecule has 1 heterocycles. The molecule has 0 saturated carbocycles. The molecule has 0 radical (unpaired) electrons. The van der Waals surface area contributed by atoms with Crippen LogP contribution in [0.4, 0.5) is 0 Å². The van der Waals surface area contributed by atoms with Gasteiger partial charge in [0.15, 0.2) is 0 Å². The number of rotatable bonds is 3. The maximum absolute atomic E-state index is 11.3. The first-order valence-electron chi connectivity index (χ1n) is 6.36. The number of carboxylic acids is 1. The molecule has 1 unspecified atom stereocenters. The fraction of sp³-hybridized carbons (Fsp3) is 0.923. The highest BCUT2D eigenvalue weighted by Crippen LogP contribution is 2.27. The fourth-order valence-corrected chi connectivity index (χ4v) is 2.30. The monoisotopic (exact) mass is 227 g/mol. The zero-order valence-electron chi connectivity index (χ0n) is 10.8. The number of aliphatic carboxylic acids is 1. The van der Waals surface area contributed by atoms with Crippen molar-refractivity contribution in [3.63, 3.8) is 0 Å². The zero-order chi connectivity index (χ0) is 12.2. The van der Waals surface area contributed by atoms with Gasteiger partial charge in [0.25, 0.3) is 0 Å². The van der Waals surface area contributed by atoms with E-state index in [-0.39, 0.29) is 11.3 Å². The van der Waals surface area contributed by atoms with Crippen LogP contribution in [0.3, 0.4) is 0 Å². The molecule has 1 aliphatic rings. The Balaban J connectivity index is 2.56. The third-order valence-electron chi connectivity index (χ3n) is 3.48. The van der Waals surface area contributed by atoms with Crippen molar-refractivity contribution in [3.05, 3.63) is 0 Å². The molecule has 0 aromatic rings. The lowest BCUT2D eigenvalue weighted by molar-refractivity contribution is -0.146. The van der Waals surface area contributed by atoms with Gasteiger partial charge in [-0.3, -0.25) is 4.79 Å². The van der Waals surface area contributed by atoms with Crippen LogP contribution >= 0.6 is 0 Å². The molecule has 0 bridgehead atoms. The molecular weight excluding hydrogens is 202 g/mol. The van der Waals surface area contributed by atoms with Crippen molar-refractivity contribution >= 4 is 5.97 Å². The Morgan fingerprint density at radius 3 is 2.06 bits per heavy atom. The number of carboxylic acid groups (broad SMARTS) is 1. The summed E-state index contributed by atoms with van der Waals surface area (Å²) in [4.78, 5) is 13.6. The largest absolute Gasteiger partial charge is 0.481 e. The van der Waals surface area contributed by atoms with Crippen molar-refractivity contribution in [3.8, 4) is 0 Å². The number of carbonyl (C=O) groups is 1. The van der Waals surface area contributed by atoms with E-state index in [1.54, 1.807) is 0 Å². The molecule has 0 aliphatic carbocycles. The average molecular weight is 227 g/mol. The van der Waals surface area contributed by atoms with Gasteiger partial charge < -0.3 is 10.0 Å². The quantitative estimate of drug-likeness (QED) is 0.805. The van der Waals surface area contributed by atoms with Crippen molar-refractivity contribution in [1.82, 2.24) is 4.90 Å². The summed E-state index contributed by atoms with van der Waals surface area (Å²) in [5.74, 6) is -0.914. The van der Waals surface area contributed by atoms with Gasteiger partial charge in [-0.25, -0.2) is 0 Å². The number of hydrogen-bond acceptors (Lipinski definition) is 2. The van der Waals surface area contributed by atoms with Crippen molar-refractivity contribution in [2.45, 2.75) is 46.5 Å². The third kappa shape index (κ3) is 4.12. The van der Waals surface area contributed by atoms with Crippen LogP contribution in [0.15, 0.2) is 0 Å². The summed E-state index contributed by atoms with van der Waals surface area (Å²) >= 11 is 0. The van der Waals surface area contributed by atoms with E-state index in [1.165, 1.54) is 25.7 Å². The fourth-order valence-electron chi connectivity index (χ4n) is 2.30. The van der Waals surface area contributed by atoms with E-state index in [4.69, 9.17) is 0 Å². The summed E-state index contributed by atoms with van der Waals surface area (Å²) in [6.07, 6.45) is 5.03. The van der Waals surface area contributed by atoms with Crippen molar-refractivity contribution < 1.29 is 9.90 Å². The molecule has 3 heteroatoms. The second-order valence-corrected chi connectivity index (χ2v) is 5.97. The highest BCUT2D eigenvalue weighted by molar-refractivity contribution is 5.71. The predicted octanol–water partition coefficient (Wildman–Crippen LogP) is 2.61. The van der Waals surface area contributed by atoms with Gasteiger partial charge in [-0.1, -0.05) is 33.6 Å². The van der Waals surface area contributed by atoms with Crippen LogP contribution in [0.1, 0.15) is 46.5 Å². The molecule has 1 aliphatic heterocycles. The second kappa shape index (κ2) is 5.67. The van der Waals surface area contributed by atoms with Gasteiger partial charge in [0.1, 0.15) is 0 Å². The zero-order valence-corrected chi connectivity index (χ0v) is 10.8. The van der Waals surface area contributed by atoms with Crippen LogP contribution in [0.25, 0.3) is 0 Å². The lowest BCUT2D eigenvalue weighted by Gasteiger charge is -2.32. The highest BCUT2D eigenvalue weighted by atomic mass is 16.4. The Kier molecular flexibility index (Phi) is 4.78. The van der Waals surface area contributed by atoms with Crippen LogP contribution in [0.2, 0.25) is 0 Å². The SMILES string of the molecule is CC(C)(C)C(CN1CCCCCC1)C(=O)O. The van der Waals surface area contributed by atoms with E-state index >= 15 is 0 Å². The Morgan fingerprint density at radius 1 is 1.19 bits per heavy atom. The molecule has 16 heavy (non-hydrogen) atoms. The Labute approximate surface area is 98.8 Å². The Morgan fingerprint density at radius 2 is 1.69 bits per heavy atom. The van der Waals surface area contributed by atoms with Crippen molar-refractivity contribution in [2.75, 3.05) is 19.6 Å². The number of nitrogens with zero attached hydrogens (tertiary/aromatic N) is 1. The Bertz CT molecular complexity index is 225. The van der Waals surface area contributed by atoms with Crippen LogP contribution in [-0.2, 0) is 4.79 Å². The van der Waals surface area contributed by atoms with Gasteiger partial charge in [-0.2, -0.15) is 0 Å². The molecule has 1 atom stereocenters. The molecule has 1 fully saturated rings. The van der Waals surface area contributed by atoms with Gasteiger partial charge >= 0.3 is 5.97 Å². The summed E-state index contributed by atoms with van der Waals surface area (Å²) in [6.45, 7) is 8.90. The van der Waals surface area contributed by atoms with Gasteiger partial charge in [0.2, 0.25) is 0 Å². The number of likely N-dealkylation sites (tertiary alicyclic amines) is 1. The molecule has 1 N–H and O–H groups in total. The lowest BCUT2D eigenvalue weighted by atomic mass is 9.80. The third-order valence-corrected chi connectivity index (χ3v) is 3.48. The molecule has 0 aromatic heterocycles. The second-order valence-electron chi connectivity index (χ2n) is 5.97. The summed E-state index contributed by atoms with van der Waals surface area (Å²) < 4.78 is 0.